The molecular weight excluding hydrogens is 381 g/mol. The quantitative estimate of drug-likeness (QED) is 0.816. The van der Waals surface area contributed by atoms with Crippen LogP contribution in [0.3, 0.4) is 0 Å². The Morgan fingerprint density at radius 3 is 2.60 bits per heavy atom. The number of ether oxygens (including phenoxy) is 2. The molecule has 5 nitrogen and oxygen atoms in total. The molecular formula is C17H13Cl2N3O2S. The third kappa shape index (κ3) is 3.71. The van der Waals surface area contributed by atoms with Crippen molar-refractivity contribution in [3.8, 4) is 11.5 Å². The van der Waals surface area contributed by atoms with Gasteiger partial charge in [0.25, 0.3) is 0 Å². The summed E-state index contributed by atoms with van der Waals surface area (Å²) in [5.41, 5.74) is 5.63. The fraction of sp³-hybridized carbons (Fsp3) is 0.176. The number of thioether (sulfide) groups is 1. The summed E-state index contributed by atoms with van der Waals surface area (Å²) in [5, 5.41) is 6.12. The van der Waals surface area contributed by atoms with Gasteiger partial charge >= 0.3 is 0 Å². The summed E-state index contributed by atoms with van der Waals surface area (Å²) >= 11 is 13.5. The Morgan fingerprint density at radius 2 is 1.84 bits per heavy atom. The second kappa shape index (κ2) is 7.15. The summed E-state index contributed by atoms with van der Waals surface area (Å²) in [6.45, 7) is 1.15. The number of nitrogens with zero attached hydrogens (tertiary/aromatic N) is 2. The molecule has 128 valence electrons. The number of hydrazone groups is 1. The van der Waals surface area contributed by atoms with E-state index in [9.17, 15) is 0 Å². The van der Waals surface area contributed by atoms with Gasteiger partial charge in [-0.15, -0.1) is 0 Å². The molecule has 4 rings (SSSR count). The zero-order valence-electron chi connectivity index (χ0n) is 13.0. The molecule has 2 aromatic carbocycles. The van der Waals surface area contributed by atoms with Crippen molar-refractivity contribution in [1.29, 1.82) is 0 Å². The molecule has 0 aliphatic carbocycles. The molecule has 0 unspecified atom stereocenters. The molecule has 1 N–H and O–H groups in total. The van der Waals surface area contributed by atoms with Crippen molar-refractivity contribution in [1.82, 2.24) is 5.43 Å². The van der Waals surface area contributed by atoms with Crippen molar-refractivity contribution in [2.75, 3.05) is 19.0 Å². The summed E-state index contributed by atoms with van der Waals surface area (Å²) in [5.74, 6) is 2.23. The number of hydrogen-bond acceptors (Lipinski definition) is 5. The monoisotopic (exact) mass is 393 g/mol. The van der Waals surface area contributed by atoms with E-state index >= 15 is 0 Å². The van der Waals surface area contributed by atoms with Crippen LogP contribution in [-0.2, 0) is 0 Å². The number of nitrogens with one attached hydrogen (secondary N) is 1. The highest BCUT2D eigenvalue weighted by atomic mass is 35.5. The summed E-state index contributed by atoms with van der Waals surface area (Å²) < 4.78 is 11.2. The Bertz CT molecular complexity index is 886. The van der Waals surface area contributed by atoms with E-state index in [-0.39, 0.29) is 0 Å². The van der Waals surface area contributed by atoms with Gasteiger partial charge in [0, 0.05) is 11.3 Å². The van der Waals surface area contributed by atoms with Gasteiger partial charge in [0.15, 0.2) is 16.7 Å². The highest BCUT2D eigenvalue weighted by Gasteiger charge is 2.17. The largest absolute Gasteiger partial charge is 0.486 e. The highest BCUT2D eigenvalue weighted by Crippen LogP contribution is 2.32. The van der Waals surface area contributed by atoms with Crippen LogP contribution in [0.2, 0.25) is 10.0 Å². The molecule has 2 heterocycles. The molecule has 25 heavy (non-hydrogen) atoms. The lowest BCUT2D eigenvalue weighted by Crippen LogP contribution is -2.25. The molecule has 8 heteroatoms. The molecule has 0 bridgehead atoms. The lowest BCUT2D eigenvalue weighted by Gasteiger charge is -2.20. The standard InChI is InChI=1S/C17H13Cl2N3O2S/c18-12-3-2-11(8-13(12)19)20-17-22-21-14(9-25-17)10-1-4-15-16(7-10)24-6-5-23-15/h1-4,7-8H,5-6,9H2,(H,20,22). The molecule has 2 aromatic rings. The van der Waals surface area contributed by atoms with E-state index in [1.807, 2.05) is 24.3 Å². The molecule has 0 saturated heterocycles. The van der Waals surface area contributed by atoms with Gasteiger partial charge in [0.2, 0.25) is 0 Å². The number of fused-ring (bicyclic) bond motifs is 1. The molecule has 0 radical (unpaired) electrons. The first kappa shape index (κ1) is 16.6. The minimum Gasteiger partial charge on any atom is -0.486 e. The Hall–Kier alpha value is -1.89. The van der Waals surface area contributed by atoms with Gasteiger partial charge in [-0.1, -0.05) is 35.0 Å². The van der Waals surface area contributed by atoms with E-state index in [2.05, 4.69) is 15.5 Å². The Balaban J connectivity index is 1.52. The van der Waals surface area contributed by atoms with Gasteiger partial charge in [-0.2, -0.15) is 5.10 Å². The fourth-order valence-corrected chi connectivity index (χ4v) is 3.49. The van der Waals surface area contributed by atoms with E-state index in [1.165, 1.54) is 0 Å². The smallest absolute Gasteiger partial charge is 0.182 e. The topological polar surface area (TPSA) is 55.2 Å². The lowest BCUT2D eigenvalue weighted by atomic mass is 10.1. The van der Waals surface area contributed by atoms with Gasteiger partial charge < -0.3 is 9.47 Å². The second-order valence-corrected chi connectivity index (χ2v) is 7.11. The molecule has 0 spiro atoms. The Labute approximate surface area is 159 Å². The molecule has 2 aliphatic heterocycles. The fourth-order valence-electron chi connectivity index (χ4n) is 2.42. The van der Waals surface area contributed by atoms with E-state index in [0.717, 1.165) is 28.5 Å². The maximum absolute atomic E-state index is 6.01. The van der Waals surface area contributed by atoms with Crippen molar-refractivity contribution in [3.05, 3.63) is 52.0 Å². The van der Waals surface area contributed by atoms with Crippen LogP contribution < -0.4 is 14.9 Å². The van der Waals surface area contributed by atoms with Crippen LogP contribution in [0, 0.1) is 0 Å². The highest BCUT2D eigenvalue weighted by molar-refractivity contribution is 8.14. The summed E-state index contributed by atoms with van der Waals surface area (Å²) in [4.78, 5) is 4.49. The zero-order valence-corrected chi connectivity index (χ0v) is 15.3. The van der Waals surface area contributed by atoms with Crippen LogP contribution in [0.25, 0.3) is 0 Å². The minimum absolute atomic E-state index is 0.477. The van der Waals surface area contributed by atoms with Gasteiger partial charge in [0.1, 0.15) is 13.2 Å². The van der Waals surface area contributed by atoms with Crippen LogP contribution in [0.5, 0.6) is 11.5 Å². The Kier molecular flexibility index (Phi) is 4.74. The average molecular weight is 394 g/mol. The van der Waals surface area contributed by atoms with Crippen LogP contribution in [0.4, 0.5) is 5.69 Å². The van der Waals surface area contributed by atoms with Crippen LogP contribution >= 0.6 is 35.0 Å². The predicted octanol–water partition coefficient (Wildman–Crippen LogP) is 4.49. The summed E-state index contributed by atoms with van der Waals surface area (Å²) in [6.07, 6.45) is 0. The predicted molar refractivity (Wildman–Crippen MR) is 103 cm³/mol. The SMILES string of the molecule is Clc1ccc(N=C2NN=C(c3ccc4c(c3)OCCO4)CS2)cc1Cl. The first-order valence-electron chi connectivity index (χ1n) is 7.58. The first-order valence-corrected chi connectivity index (χ1v) is 9.32. The van der Waals surface area contributed by atoms with E-state index in [4.69, 9.17) is 32.7 Å². The Morgan fingerprint density at radius 1 is 1.00 bits per heavy atom. The van der Waals surface area contributed by atoms with Crippen molar-refractivity contribution in [3.63, 3.8) is 0 Å². The molecule has 0 aromatic heterocycles. The maximum Gasteiger partial charge on any atom is 0.182 e. The molecule has 0 amide bonds. The number of rotatable bonds is 2. The van der Waals surface area contributed by atoms with Crippen molar-refractivity contribution in [2.24, 2.45) is 10.1 Å². The maximum atomic E-state index is 6.01. The van der Waals surface area contributed by atoms with Crippen LogP contribution in [0.1, 0.15) is 5.56 Å². The van der Waals surface area contributed by atoms with Crippen LogP contribution in [0.15, 0.2) is 46.5 Å². The summed E-state index contributed by atoms with van der Waals surface area (Å²) in [7, 11) is 0. The number of halogens is 2. The van der Waals surface area contributed by atoms with Gasteiger partial charge in [-0.05, 0) is 36.4 Å². The number of aliphatic imine (C=N–C) groups is 1. The molecule has 0 saturated carbocycles. The number of amidine groups is 1. The van der Waals surface area contributed by atoms with Crippen molar-refractivity contribution >= 4 is 51.5 Å². The molecule has 0 fully saturated rings. The van der Waals surface area contributed by atoms with Gasteiger partial charge in [0.05, 0.1) is 21.4 Å². The lowest BCUT2D eigenvalue weighted by molar-refractivity contribution is 0.171. The van der Waals surface area contributed by atoms with Gasteiger partial charge in [-0.3, -0.25) is 5.43 Å². The first-order chi connectivity index (χ1) is 12.2. The number of hydrogen-bond donors (Lipinski definition) is 1. The third-order valence-corrected chi connectivity index (χ3v) is 5.25. The third-order valence-electron chi connectivity index (χ3n) is 3.64. The van der Waals surface area contributed by atoms with Crippen molar-refractivity contribution < 1.29 is 9.47 Å². The minimum atomic E-state index is 0.477. The number of benzene rings is 2. The molecule has 2 aliphatic rings. The van der Waals surface area contributed by atoms with E-state index in [0.29, 0.717) is 34.2 Å². The zero-order chi connectivity index (χ0) is 17.2. The van der Waals surface area contributed by atoms with Crippen LogP contribution in [-0.4, -0.2) is 29.8 Å². The second-order valence-electron chi connectivity index (χ2n) is 5.33. The normalized spacial score (nSPS) is 17.8. The van der Waals surface area contributed by atoms with Crippen molar-refractivity contribution in [2.45, 2.75) is 0 Å². The van der Waals surface area contributed by atoms with E-state index in [1.54, 1.807) is 23.9 Å². The molecule has 0 atom stereocenters. The average Bonchev–Trinajstić information content (AvgIpc) is 2.65. The summed E-state index contributed by atoms with van der Waals surface area (Å²) in [6, 6.07) is 11.1. The van der Waals surface area contributed by atoms with Gasteiger partial charge in [-0.25, -0.2) is 4.99 Å². The van der Waals surface area contributed by atoms with E-state index < -0.39 is 0 Å².